The molecule has 3 aromatic carbocycles. The number of carboxylic acid groups (broad SMARTS) is 1. The molecule has 1 aliphatic carbocycles. The van der Waals surface area contributed by atoms with E-state index < -0.39 is 59.4 Å². The molecule has 7 aromatic rings. The number of aliphatic carboxylic acids is 1. The molecule has 2 bridgehead atoms. The number of nitrogens with one attached hydrogen (secondary N) is 5. The molecule has 4 saturated heterocycles. The first-order valence-electron chi connectivity index (χ1n) is 35.6. The average molecular weight is 1460 g/mol. The molecule has 2 unspecified atom stereocenters. The maximum atomic E-state index is 14.4. The van der Waals surface area contributed by atoms with Crippen LogP contribution in [0.2, 0.25) is 0 Å². The molecule has 556 valence electrons. The third-order valence-corrected chi connectivity index (χ3v) is 21.5. The van der Waals surface area contributed by atoms with Gasteiger partial charge in [0.1, 0.15) is 49.1 Å². The fraction of sp³-hybridized carbons (Fsp3) is 0.459. The zero-order chi connectivity index (χ0) is 74.1. The number of aryl methyl sites for hydroxylation is 1. The lowest BCUT2D eigenvalue weighted by Gasteiger charge is -2.43. The van der Waals surface area contributed by atoms with Crippen molar-refractivity contribution in [1.29, 1.82) is 0 Å². The van der Waals surface area contributed by atoms with E-state index in [1.54, 1.807) is 78.2 Å². The fourth-order valence-electron chi connectivity index (χ4n) is 14.6. The molecule has 10 N–H and O–H groups in total. The lowest BCUT2D eigenvalue weighted by molar-refractivity contribution is -0.162. The van der Waals surface area contributed by atoms with Crippen LogP contribution < -0.4 is 51.6 Å². The molecular formula is C74H90N16O14S. The van der Waals surface area contributed by atoms with E-state index in [0.29, 0.717) is 85.6 Å². The second kappa shape index (κ2) is 33.1. The number of aromatic hydroxyl groups is 1. The van der Waals surface area contributed by atoms with E-state index >= 15 is 0 Å². The van der Waals surface area contributed by atoms with Gasteiger partial charge in [-0.2, -0.15) is 0 Å². The summed E-state index contributed by atoms with van der Waals surface area (Å²) >= 11 is 1.58. The van der Waals surface area contributed by atoms with Crippen molar-refractivity contribution in [2.45, 2.75) is 141 Å². The molecule has 1 saturated carbocycles. The number of rotatable bonds is 29. The Balaban J connectivity index is 0.606. The highest BCUT2D eigenvalue weighted by Gasteiger charge is 2.52. The number of para-hydroxylation sites is 1. The number of aromatic nitrogens is 5. The number of fused-ring (bicyclic) bond motifs is 2. The number of hydrogen-bond acceptors (Lipinski definition) is 23. The number of aliphatic hydroxyl groups is 1. The average Bonchev–Trinajstić information content (AvgIpc) is 1.73. The van der Waals surface area contributed by atoms with E-state index in [1.807, 2.05) is 69.6 Å². The van der Waals surface area contributed by atoms with Gasteiger partial charge in [-0.1, -0.05) is 68.8 Å². The smallest absolute Gasteiger partial charge is 0.413 e. The van der Waals surface area contributed by atoms with Crippen LogP contribution in [0.15, 0.2) is 113 Å². The standard InChI is InChI=1S/C74H90N16O14S/c1-43(2)64(69(95)89-39-54(91)33-59(89)68(94)79-45(4)48-15-17-49(18-16-48)65-46(5)78-41-105-65)61-35-63(85-104-61)103-42-86-28-29-87(44(3)36-86)30-31-101-62-32-51(23-27-76-62)90-52-21-22-53(90)38-88(37-52)58-34-57(55-10-6-7-12-60(55)92)83-84-66(58)82-73(100)102-40-47-13-19-50(20-14-47)80-67(93)56(11-8-26-77-72(75)99)81-70(96)74(71(97)98)24-9-25-74/h6-7,10,12-20,23,27,32,34-35,41,43-45,52-54,56,59,64,91-92H,8-9,11,21-22,24-26,28-31,33,36-40,42H2,1-5H3,(H,79,94)(H,80,93)(H,81,96)(H,97,98)(H3,75,77,99)(H,82,84,100)/t44-,45+,52?,53?,54-,56+,59+,64-/m1/s1. The molecule has 31 heteroatoms. The first-order valence-corrected chi connectivity index (χ1v) is 36.5. The number of urea groups is 1. The number of aliphatic hydroxyl groups excluding tert-OH is 1. The maximum absolute atomic E-state index is 14.4. The third kappa shape index (κ3) is 17.5. The number of anilines is 4. The van der Waals surface area contributed by atoms with Gasteiger partial charge in [0.15, 0.2) is 11.6 Å². The highest BCUT2D eigenvalue weighted by atomic mass is 32.1. The van der Waals surface area contributed by atoms with Crippen LogP contribution in [-0.4, -0.2) is 199 Å². The van der Waals surface area contributed by atoms with E-state index in [0.717, 1.165) is 46.8 Å². The Hall–Kier alpha value is -10.5. The van der Waals surface area contributed by atoms with E-state index in [1.165, 1.54) is 4.90 Å². The van der Waals surface area contributed by atoms with Gasteiger partial charge in [-0.15, -0.1) is 21.5 Å². The van der Waals surface area contributed by atoms with Crippen LogP contribution in [0.3, 0.4) is 0 Å². The van der Waals surface area contributed by atoms with Gasteiger partial charge in [0.25, 0.3) is 5.88 Å². The minimum absolute atomic E-state index is 0.0149. The third-order valence-electron chi connectivity index (χ3n) is 20.5. The van der Waals surface area contributed by atoms with Gasteiger partial charge >= 0.3 is 18.1 Å². The summed E-state index contributed by atoms with van der Waals surface area (Å²) in [5.41, 5.74) is 11.7. The van der Waals surface area contributed by atoms with Gasteiger partial charge in [0, 0.05) is 112 Å². The predicted molar refractivity (Wildman–Crippen MR) is 389 cm³/mol. The zero-order valence-electron chi connectivity index (χ0n) is 59.3. The fourth-order valence-corrected chi connectivity index (χ4v) is 15.4. The number of carbonyl (C=O) groups excluding carboxylic acids is 6. The largest absolute Gasteiger partial charge is 0.507 e. The van der Waals surface area contributed by atoms with Gasteiger partial charge in [0.2, 0.25) is 29.5 Å². The van der Waals surface area contributed by atoms with Crippen molar-refractivity contribution in [1.82, 2.24) is 56.0 Å². The Labute approximate surface area is 611 Å². The van der Waals surface area contributed by atoms with Crippen molar-refractivity contribution < 1.29 is 67.6 Å². The second-order valence-electron chi connectivity index (χ2n) is 28.0. The SMILES string of the molecule is Cc1ncsc1-c1ccc([C@H](C)NC(=O)[C@@H]2C[C@@H](O)CN2C(=O)[C@@H](c2cc(OCN3CCN(CCOc4cc(N5C6CCC5CN(c5cc(-c7ccccc7O)nnc5NC(=O)OCc5ccc(NC(=O)[C@H](CCCNC(N)=O)NC(=O)C7(C(=O)O)CCC7)cc5)C6)ccn4)[C@H](C)C3)no2)C(C)C)cc1. The number of hydrogen-bond donors (Lipinski definition) is 9. The minimum Gasteiger partial charge on any atom is -0.507 e. The number of thiazole rings is 1. The number of benzene rings is 3. The van der Waals surface area contributed by atoms with Gasteiger partial charge in [-0.3, -0.25) is 39.1 Å². The summed E-state index contributed by atoms with van der Waals surface area (Å²) in [5.74, 6) is -3.04. The number of nitrogens with two attached hydrogens (primary N) is 1. The number of likely N-dealkylation sites (tertiary alicyclic amines) is 1. The number of ether oxygens (including phenoxy) is 3. The second-order valence-corrected chi connectivity index (χ2v) is 28.9. The number of piperazine rings is 2. The molecule has 30 nitrogen and oxygen atoms in total. The number of phenolic OH excluding ortho intramolecular Hbond substituents is 1. The monoisotopic (exact) mass is 1460 g/mol. The number of carboxylic acids is 1. The molecule has 5 fully saturated rings. The van der Waals surface area contributed by atoms with Gasteiger partial charge in [-0.05, 0) is 123 Å². The van der Waals surface area contributed by atoms with Crippen LogP contribution in [0, 0.1) is 18.3 Å². The Morgan fingerprint density at radius 3 is 2.30 bits per heavy atom. The predicted octanol–water partition coefficient (Wildman–Crippen LogP) is 7.40. The van der Waals surface area contributed by atoms with Crippen molar-refractivity contribution in [2.24, 2.45) is 17.1 Å². The van der Waals surface area contributed by atoms with E-state index in [9.17, 15) is 48.9 Å². The molecule has 0 radical (unpaired) electrons. The number of carbonyl (C=O) groups is 7. The molecule has 4 aromatic heterocycles. The highest BCUT2D eigenvalue weighted by Crippen LogP contribution is 2.43. The van der Waals surface area contributed by atoms with Gasteiger partial charge in [-0.25, -0.2) is 19.6 Å². The van der Waals surface area contributed by atoms with E-state index in [-0.39, 0.29) is 118 Å². The van der Waals surface area contributed by atoms with Crippen LogP contribution >= 0.6 is 11.3 Å². The highest BCUT2D eigenvalue weighted by molar-refractivity contribution is 7.13. The minimum atomic E-state index is -1.60. The Morgan fingerprint density at radius 1 is 0.848 bits per heavy atom. The van der Waals surface area contributed by atoms with E-state index in [2.05, 4.69) is 78.4 Å². The van der Waals surface area contributed by atoms with Crippen LogP contribution in [0.1, 0.15) is 114 Å². The lowest BCUT2D eigenvalue weighted by atomic mass is 9.68. The number of β-amino-alcohol motifs (C(OH)–C–C–N with tert-alkyl or cyclic N) is 1. The molecule has 4 aliphatic heterocycles. The number of primary amides is 1. The summed E-state index contributed by atoms with van der Waals surface area (Å²) < 4.78 is 24.0. The van der Waals surface area contributed by atoms with Crippen LogP contribution in [0.25, 0.3) is 21.7 Å². The van der Waals surface area contributed by atoms with Crippen molar-refractivity contribution in [3.8, 4) is 39.2 Å². The number of amides is 7. The molecule has 12 rings (SSSR count). The van der Waals surface area contributed by atoms with E-state index in [4.69, 9.17) is 24.5 Å². The summed E-state index contributed by atoms with van der Waals surface area (Å²) in [6, 6.07) is 25.9. The first-order chi connectivity index (χ1) is 50.6. The van der Waals surface area contributed by atoms with Crippen LogP contribution in [0.4, 0.5) is 32.5 Å². The van der Waals surface area contributed by atoms with Crippen LogP contribution in [-0.2, 0) is 35.3 Å². The summed E-state index contributed by atoms with van der Waals surface area (Å²) in [6.45, 7) is 14.5. The molecular weight excluding hydrogens is 1370 g/mol. The number of nitrogens with zero attached hydrogens (tertiary/aromatic N) is 10. The Bertz CT molecular complexity index is 4240. The molecule has 8 heterocycles. The topological polar surface area (TPSA) is 388 Å². The van der Waals surface area contributed by atoms with Crippen molar-refractivity contribution >= 4 is 75.9 Å². The van der Waals surface area contributed by atoms with Crippen molar-refractivity contribution in [3.63, 3.8) is 0 Å². The maximum Gasteiger partial charge on any atom is 0.413 e. The Kier molecular flexibility index (Phi) is 23.4. The summed E-state index contributed by atoms with van der Waals surface area (Å²) in [7, 11) is 0. The molecule has 5 aliphatic rings. The lowest BCUT2D eigenvalue weighted by Crippen LogP contribution is -2.55. The summed E-state index contributed by atoms with van der Waals surface area (Å²) in [5, 5.41) is 58.3. The van der Waals surface area contributed by atoms with Crippen molar-refractivity contribution in [2.75, 3.05) is 86.1 Å². The molecule has 8 atom stereocenters. The number of phenols is 1. The molecule has 105 heavy (non-hydrogen) atoms. The van der Waals surface area contributed by atoms with Gasteiger partial charge in [0.05, 0.1) is 39.6 Å². The first kappa shape index (κ1) is 74.2. The zero-order valence-corrected chi connectivity index (χ0v) is 60.1. The van der Waals surface area contributed by atoms with Gasteiger partial charge < -0.3 is 75.8 Å². The summed E-state index contributed by atoms with van der Waals surface area (Å²) in [6.07, 6.45) is 3.23. The van der Waals surface area contributed by atoms with Crippen LogP contribution in [0.5, 0.6) is 17.5 Å². The Morgan fingerprint density at radius 2 is 1.61 bits per heavy atom. The molecule has 7 amide bonds. The normalized spacial score (nSPS) is 20.1. The molecule has 0 spiro atoms. The quantitative estimate of drug-likeness (QED) is 0.0163. The van der Waals surface area contributed by atoms with Crippen molar-refractivity contribution in [3.05, 3.63) is 131 Å². The number of pyridine rings is 1. The summed E-state index contributed by atoms with van der Waals surface area (Å²) in [4.78, 5) is 113.